The Hall–Kier alpha value is -1.27. The van der Waals surface area contributed by atoms with Gasteiger partial charge in [-0.3, -0.25) is 0 Å². The van der Waals surface area contributed by atoms with Gasteiger partial charge in [-0.2, -0.15) is 0 Å². The molecule has 0 unspecified atom stereocenters. The van der Waals surface area contributed by atoms with Gasteiger partial charge in [0.05, 0.1) is 0 Å². The van der Waals surface area contributed by atoms with Crippen molar-refractivity contribution in [3.05, 3.63) is 34.7 Å². The number of aromatic nitrogens is 2. The molecule has 0 saturated heterocycles. The first kappa shape index (κ1) is 13.4. The summed E-state index contributed by atoms with van der Waals surface area (Å²) in [7, 11) is 0. The summed E-state index contributed by atoms with van der Waals surface area (Å²) in [5.74, 6) is 3.11. The third-order valence-corrected chi connectivity index (χ3v) is 4.68. The summed E-state index contributed by atoms with van der Waals surface area (Å²) in [6.07, 6.45) is 2.40. The van der Waals surface area contributed by atoms with Gasteiger partial charge in [0.1, 0.15) is 28.7 Å². The van der Waals surface area contributed by atoms with Gasteiger partial charge in [0.25, 0.3) is 0 Å². The molecule has 0 bridgehead atoms. The highest BCUT2D eigenvalue weighted by atomic mass is 79.9. The van der Waals surface area contributed by atoms with Crippen molar-refractivity contribution in [1.29, 1.82) is 0 Å². The fourth-order valence-electron chi connectivity index (χ4n) is 2.20. The van der Waals surface area contributed by atoms with Crippen molar-refractivity contribution in [1.82, 2.24) is 9.97 Å². The maximum Gasteiger partial charge on any atom is 0.162 e. The lowest BCUT2D eigenvalue weighted by Crippen LogP contribution is -2.15. The zero-order chi connectivity index (χ0) is 14.2. The fraction of sp³-hybridized carbons (Fsp3) is 0.333. The minimum atomic E-state index is 0.544. The molecular formula is C15H13BrN2O2S. The molecule has 6 heteroatoms. The molecule has 0 amide bonds. The average Bonchev–Trinajstić information content (AvgIpc) is 3.31. The molecule has 2 aliphatic rings. The van der Waals surface area contributed by atoms with Crippen LogP contribution in [-0.4, -0.2) is 23.2 Å². The van der Waals surface area contributed by atoms with Gasteiger partial charge >= 0.3 is 0 Å². The van der Waals surface area contributed by atoms with Crippen LogP contribution in [0.2, 0.25) is 0 Å². The fourth-order valence-corrected chi connectivity index (χ4v) is 3.60. The molecule has 0 N–H and O–H groups in total. The van der Waals surface area contributed by atoms with E-state index < -0.39 is 0 Å². The maximum absolute atomic E-state index is 5.62. The highest BCUT2D eigenvalue weighted by Gasteiger charge is 2.27. The van der Waals surface area contributed by atoms with Gasteiger partial charge in [-0.1, -0.05) is 11.8 Å². The van der Waals surface area contributed by atoms with Crippen LogP contribution in [0.4, 0.5) is 0 Å². The third kappa shape index (κ3) is 3.01. The maximum atomic E-state index is 5.62. The number of rotatable bonds is 3. The highest BCUT2D eigenvalue weighted by molar-refractivity contribution is 9.10. The summed E-state index contributed by atoms with van der Waals surface area (Å²) in [6.45, 7) is 1.22. The zero-order valence-corrected chi connectivity index (χ0v) is 13.6. The van der Waals surface area contributed by atoms with E-state index in [0.717, 1.165) is 31.8 Å². The summed E-state index contributed by atoms with van der Waals surface area (Å²) in [5.41, 5.74) is 0. The van der Waals surface area contributed by atoms with Crippen molar-refractivity contribution in [2.45, 2.75) is 28.7 Å². The Labute approximate surface area is 135 Å². The van der Waals surface area contributed by atoms with Crippen LogP contribution < -0.4 is 9.47 Å². The number of fused-ring (bicyclic) bond motifs is 1. The Morgan fingerprint density at radius 3 is 2.67 bits per heavy atom. The molecule has 1 aliphatic carbocycles. The van der Waals surface area contributed by atoms with Crippen LogP contribution in [0.3, 0.4) is 0 Å². The Morgan fingerprint density at radius 2 is 1.86 bits per heavy atom. The Kier molecular flexibility index (Phi) is 3.51. The van der Waals surface area contributed by atoms with Crippen LogP contribution >= 0.6 is 27.7 Å². The molecule has 1 aliphatic heterocycles. The molecule has 0 atom stereocenters. The monoisotopic (exact) mass is 364 g/mol. The summed E-state index contributed by atoms with van der Waals surface area (Å²) in [4.78, 5) is 10.2. The van der Waals surface area contributed by atoms with Crippen molar-refractivity contribution in [2.75, 3.05) is 13.2 Å². The topological polar surface area (TPSA) is 44.2 Å². The smallest absolute Gasteiger partial charge is 0.162 e. The van der Waals surface area contributed by atoms with E-state index >= 15 is 0 Å². The number of halogens is 1. The summed E-state index contributed by atoms with van der Waals surface area (Å²) >= 11 is 5.09. The molecule has 1 saturated carbocycles. The van der Waals surface area contributed by atoms with E-state index in [9.17, 15) is 0 Å². The van der Waals surface area contributed by atoms with Gasteiger partial charge in [0.2, 0.25) is 0 Å². The van der Waals surface area contributed by atoms with Crippen molar-refractivity contribution in [3.8, 4) is 11.5 Å². The largest absolute Gasteiger partial charge is 0.486 e. The van der Waals surface area contributed by atoms with Gasteiger partial charge < -0.3 is 9.47 Å². The number of hydrogen-bond acceptors (Lipinski definition) is 5. The standard InChI is InChI=1S/C15H13BrN2O2S/c16-13-8-14(18-15(17-13)9-1-2-9)21-10-3-4-11-12(7-10)20-6-5-19-11/h3-4,7-9H,1-2,5-6H2. The second kappa shape index (κ2) is 5.50. The zero-order valence-electron chi connectivity index (χ0n) is 11.2. The Bertz CT molecular complexity index is 691. The molecule has 4 nitrogen and oxygen atoms in total. The molecule has 4 rings (SSSR count). The predicted molar refractivity (Wildman–Crippen MR) is 83.3 cm³/mol. The van der Waals surface area contributed by atoms with E-state index in [0.29, 0.717) is 19.1 Å². The van der Waals surface area contributed by atoms with Gasteiger partial charge in [-0.05, 0) is 47.0 Å². The first-order chi connectivity index (χ1) is 10.3. The number of benzene rings is 1. The van der Waals surface area contributed by atoms with Crippen LogP contribution in [-0.2, 0) is 0 Å². The normalized spacial score (nSPS) is 16.8. The van der Waals surface area contributed by atoms with Crippen LogP contribution in [0.1, 0.15) is 24.6 Å². The van der Waals surface area contributed by atoms with Crippen molar-refractivity contribution < 1.29 is 9.47 Å². The molecule has 0 spiro atoms. The van der Waals surface area contributed by atoms with Crippen molar-refractivity contribution in [3.63, 3.8) is 0 Å². The molecule has 2 heterocycles. The molecular weight excluding hydrogens is 352 g/mol. The van der Waals surface area contributed by atoms with Crippen LogP contribution in [0, 0.1) is 0 Å². The SMILES string of the molecule is Brc1cc(Sc2ccc3c(c2)OCCO3)nc(C2CC2)n1. The summed E-state index contributed by atoms with van der Waals surface area (Å²) in [6, 6.07) is 7.94. The van der Waals surface area contributed by atoms with E-state index in [1.165, 1.54) is 12.8 Å². The van der Waals surface area contributed by atoms with E-state index in [-0.39, 0.29) is 0 Å². The third-order valence-electron chi connectivity index (χ3n) is 3.37. The predicted octanol–water partition coefficient (Wildman–Crippen LogP) is 4.04. The first-order valence-corrected chi connectivity index (χ1v) is 8.51. The molecule has 1 aromatic carbocycles. The minimum Gasteiger partial charge on any atom is -0.486 e. The number of ether oxygens (including phenoxy) is 2. The second-order valence-electron chi connectivity index (χ2n) is 5.07. The summed E-state index contributed by atoms with van der Waals surface area (Å²) < 4.78 is 12.0. The second-order valence-corrected chi connectivity index (χ2v) is 6.98. The summed E-state index contributed by atoms with van der Waals surface area (Å²) in [5, 5.41) is 0.954. The first-order valence-electron chi connectivity index (χ1n) is 6.90. The Balaban J connectivity index is 1.60. The average molecular weight is 365 g/mol. The molecule has 1 fully saturated rings. The van der Waals surface area contributed by atoms with E-state index in [1.54, 1.807) is 11.8 Å². The number of nitrogens with zero attached hydrogens (tertiary/aromatic N) is 2. The quantitative estimate of drug-likeness (QED) is 0.769. The lowest BCUT2D eigenvalue weighted by atomic mass is 10.3. The lowest BCUT2D eigenvalue weighted by Gasteiger charge is -2.18. The van der Waals surface area contributed by atoms with Crippen LogP contribution in [0.25, 0.3) is 0 Å². The van der Waals surface area contributed by atoms with Gasteiger partial charge in [-0.15, -0.1) is 0 Å². The highest BCUT2D eigenvalue weighted by Crippen LogP contribution is 2.40. The van der Waals surface area contributed by atoms with Crippen molar-refractivity contribution >= 4 is 27.7 Å². The molecule has 21 heavy (non-hydrogen) atoms. The lowest BCUT2D eigenvalue weighted by molar-refractivity contribution is 0.171. The van der Waals surface area contributed by atoms with Gasteiger partial charge in [0, 0.05) is 16.9 Å². The van der Waals surface area contributed by atoms with Gasteiger partial charge in [0.15, 0.2) is 11.5 Å². The van der Waals surface area contributed by atoms with Gasteiger partial charge in [-0.25, -0.2) is 9.97 Å². The van der Waals surface area contributed by atoms with E-state index in [2.05, 4.69) is 25.9 Å². The minimum absolute atomic E-state index is 0.544. The van der Waals surface area contributed by atoms with E-state index in [1.807, 2.05) is 24.3 Å². The Morgan fingerprint density at radius 1 is 1.05 bits per heavy atom. The molecule has 1 aromatic heterocycles. The van der Waals surface area contributed by atoms with Crippen molar-refractivity contribution in [2.24, 2.45) is 0 Å². The van der Waals surface area contributed by atoms with E-state index in [4.69, 9.17) is 9.47 Å². The molecule has 2 aromatic rings. The van der Waals surface area contributed by atoms with Crippen LogP contribution in [0.5, 0.6) is 11.5 Å². The van der Waals surface area contributed by atoms with Crippen LogP contribution in [0.15, 0.2) is 38.8 Å². The molecule has 108 valence electrons. The molecule has 0 radical (unpaired) electrons. The number of hydrogen-bond donors (Lipinski definition) is 0.